The molecule has 0 saturated carbocycles. The molecule has 32 heavy (non-hydrogen) atoms. The van der Waals surface area contributed by atoms with Crippen molar-refractivity contribution in [3.05, 3.63) is 102 Å². The van der Waals surface area contributed by atoms with Gasteiger partial charge in [0.1, 0.15) is 0 Å². The molecule has 2 heterocycles. The van der Waals surface area contributed by atoms with Crippen LogP contribution in [0.3, 0.4) is 0 Å². The summed E-state index contributed by atoms with van der Waals surface area (Å²) in [5, 5.41) is 0. The molecule has 0 N–H and O–H groups in total. The van der Waals surface area contributed by atoms with E-state index in [1.165, 1.54) is 16.9 Å². The number of fused-ring (bicyclic) bond motifs is 1. The summed E-state index contributed by atoms with van der Waals surface area (Å²) in [5.41, 5.74) is 3.87. The number of thiazole rings is 1. The molecule has 5 nitrogen and oxygen atoms in total. The van der Waals surface area contributed by atoms with Crippen LogP contribution in [0, 0.1) is 0 Å². The van der Waals surface area contributed by atoms with Crippen LogP contribution in [0.4, 0.5) is 0 Å². The highest BCUT2D eigenvalue weighted by molar-refractivity contribution is 7.07. The minimum atomic E-state index is -0.572. The lowest BCUT2D eigenvalue weighted by molar-refractivity contribution is -0.139. The number of allylic oxidation sites excluding steroid dienone is 1. The van der Waals surface area contributed by atoms with Gasteiger partial charge in [0.05, 0.1) is 28.5 Å². The van der Waals surface area contributed by atoms with Gasteiger partial charge in [0.2, 0.25) is 0 Å². The lowest BCUT2D eigenvalue weighted by Gasteiger charge is -2.24. The van der Waals surface area contributed by atoms with E-state index in [9.17, 15) is 9.59 Å². The highest BCUT2D eigenvalue weighted by Gasteiger charge is 2.33. The van der Waals surface area contributed by atoms with E-state index in [2.05, 4.69) is 31.0 Å². The van der Waals surface area contributed by atoms with E-state index in [0.717, 1.165) is 11.1 Å². The van der Waals surface area contributed by atoms with Gasteiger partial charge in [-0.1, -0.05) is 79.8 Å². The van der Waals surface area contributed by atoms with Gasteiger partial charge in [-0.15, -0.1) is 0 Å². The van der Waals surface area contributed by atoms with Crippen molar-refractivity contribution in [3.63, 3.8) is 0 Å². The Morgan fingerprint density at radius 3 is 2.47 bits per heavy atom. The zero-order chi connectivity index (χ0) is 22.8. The number of benzene rings is 2. The maximum atomic E-state index is 13.5. The summed E-state index contributed by atoms with van der Waals surface area (Å²) in [5.74, 6) is 0.00524. The average molecular weight is 447 g/mol. The topological polar surface area (TPSA) is 60.7 Å². The van der Waals surface area contributed by atoms with Gasteiger partial charge in [0.15, 0.2) is 4.80 Å². The van der Waals surface area contributed by atoms with Crippen LogP contribution >= 0.6 is 11.3 Å². The summed E-state index contributed by atoms with van der Waals surface area (Å²) >= 11 is 1.34. The van der Waals surface area contributed by atoms with Crippen molar-refractivity contribution in [2.24, 2.45) is 4.99 Å². The molecule has 0 radical (unpaired) electrons. The van der Waals surface area contributed by atoms with E-state index >= 15 is 0 Å². The molecule has 1 aliphatic heterocycles. The van der Waals surface area contributed by atoms with E-state index in [1.807, 2.05) is 48.5 Å². The van der Waals surface area contributed by atoms with Crippen molar-refractivity contribution in [1.29, 1.82) is 0 Å². The van der Waals surface area contributed by atoms with E-state index in [0.29, 0.717) is 26.5 Å². The number of aromatic nitrogens is 1. The van der Waals surface area contributed by atoms with Gasteiger partial charge in [-0.05, 0) is 42.5 Å². The van der Waals surface area contributed by atoms with Crippen LogP contribution in [0.1, 0.15) is 56.3 Å². The second-order valence-corrected chi connectivity index (χ2v) is 9.04. The van der Waals surface area contributed by atoms with Crippen LogP contribution in [-0.4, -0.2) is 17.1 Å². The number of carbonyl (C=O) groups excluding carboxylic acids is 1. The van der Waals surface area contributed by atoms with Gasteiger partial charge in [-0.25, -0.2) is 9.79 Å². The van der Waals surface area contributed by atoms with Crippen LogP contribution in [-0.2, 0) is 9.53 Å². The Balaban J connectivity index is 1.89. The molecule has 6 heteroatoms. The van der Waals surface area contributed by atoms with Gasteiger partial charge in [-0.3, -0.25) is 9.36 Å². The van der Waals surface area contributed by atoms with E-state index in [4.69, 9.17) is 4.74 Å². The Hall–Kier alpha value is -3.25. The van der Waals surface area contributed by atoms with Crippen molar-refractivity contribution in [1.82, 2.24) is 4.57 Å². The SMILES string of the molecule is CCOC(=O)C1=C(C)N=c2s/c(=C/c3ccc(C(C)C)cc3)c(=O)n2C1c1ccccc1. The van der Waals surface area contributed by atoms with Crippen molar-refractivity contribution in [2.45, 2.75) is 39.7 Å². The predicted octanol–water partition coefficient (Wildman–Crippen LogP) is 3.92. The highest BCUT2D eigenvalue weighted by atomic mass is 32.1. The minimum absolute atomic E-state index is 0.162. The molecule has 0 fully saturated rings. The van der Waals surface area contributed by atoms with Crippen LogP contribution in [0.25, 0.3) is 6.08 Å². The second kappa shape index (κ2) is 9.09. The zero-order valence-corrected chi connectivity index (χ0v) is 19.5. The molecule has 0 amide bonds. The Kier molecular flexibility index (Phi) is 6.24. The average Bonchev–Trinajstić information content (AvgIpc) is 3.08. The molecular weight excluding hydrogens is 420 g/mol. The second-order valence-electron chi connectivity index (χ2n) is 8.03. The van der Waals surface area contributed by atoms with Gasteiger partial charge < -0.3 is 4.74 Å². The number of esters is 1. The molecular formula is C26H26N2O3S. The Morgan fingerprint density at radius 2 is 1.84 bits per heavy atom. The molecule has 4 rings (SSSR count). The first-order chi connectivity index (χ1) is 15.4. The van der Waals surface area contributed by atoms with Gasteiger partial charge >= 0.3 is 5.97 Å². The number of hydrogen-bond donors (Lipinski definition) is 0. The Morgan fingerprint density at radius 1 is 1.16 bits per heavy atom. The lowest BCUT2D eigenvalue weighted by atomic mass is 9.96. The molecule has 1 unspecified atom stereocenters. The first-order valence-electron chi connectivity index (χ1n) is 10.7. The normalized spacial score (nSPS) is 16.2. The number of ether oxygens (including phenoxy) is 1. The zero-order valence-electron chi connectivity index (χ0n) is 18.7. The Bertz CT molecular complexity index is 1350. The molecule has 0 bridgehead atoms. The molecule has 1 aromatic heterocycles. The fourth-order valence-electron chi connectivity index (χ4n) is 3.87. The number of hydrogen-bond acceptors (Lipinski definition) is 5. The van der Waals surface area contributed by atoms with Gasteiger partial charge in [0.25, 0.3) is 5.56 Å². The molecule has 1 aliphatic rings. The fourth-order valence-corrected chi connectivity index (χ4v) is 4.92. The summed E-state index contributed by atoms with van der Waals surface area (Å²) in [6.45, 7) is 8.13. The van der Waals surface area contributed by atoms with Gasteiger partial charge in [0, 0.05) is 0 Å². The third-order valence-corrected chi connectivity index (χ3v) is 6.52. The molecule has 1 atom stereocenters. The number of carbonyl (C=O) groups is 1. The largest absolute Gasteiger partial charge is 0.463 e. The number of nitrogens with zero attached hydrogens (tertiary/aromatic N) is 2. The van der Waals surface area contributed by atoms with E-state index < -0.39 is 12.0 Å². The lowest BCUT2D eigenvalue weighted by Crippen LogP contribution is -2.39. The molecule has 3 aromatic rings. The van der Waals surface area contributed by atoms with Crippen molar-refractivity contribution < 1.29 is 9.53 Å². The summed E-state index contributed by atoms with van der Waals surface area (Å²) in [6.07, 6.45) is 1.89. The smallest absolute Gasteiger partial charge is 0.338 e. The fraction of sp³-hybridized carbons (Fsp3) is 0.269. The summed E-state index contributed by atoms with van der Waals surface area (Å²) in [4.78, 5) is 31.5. The molecule has 0 aliphatic carbocycles. The molecule has 164 valence electrons. The third kappa shape index (κ3) is 4.10. The quantitative estimate of drug-likeness (QED) is 0.558. The van der Waals surface area contributed by atoms with Crippen molar-refractivity contribution >= 4 is 23.4 Å². The maximum Gasteiger partial charge on any atom is 0.338 e. The van der Waals surface area contributed by atoms with Crippen LogP contribution in [0.5, 0.6) is 0 Å². The maximum absolute atomic E-state index is 13.5. The molecule has 2 aromatic carbocycles. The minimum Gasteiger partial charge on any atom is -0.463 e. The standard InChI is InChI=1S/C26H26N2O3S/c1-5-31-25(30)22-17(4)27-26-28(23(22)20-9-7-6-8-10-20)24(29)21(32-26)15-18-11-13-19(14-12-18)16(2)3/h6-16,23H,5H2,1-4H3/b21-15+. The Labute approximate surface area is 191 Å². The number of rotatable bonds is 5. The predicted molar refractivity (Wildman–Crippen MR) is 127 cm³/mol. The van der Waals surface area contributed by atoms with Crippen molar-refractivity contribution in [2.75, 3.05) is 6.61 Å². The third-order valence-electron chi connectivity index (χ3n) is 5.53. The first-order valence-corrected chi connectivity index (χ1v) is 11.6. The monoisotopic (exact) mass is 446 g/mol. The van der Waals surface area contributed by atoms with E-state index in [-0.39, 0.29) is 12.2 Å². The van der Waals surface area contributed by atoms with Crippen molar-refractivity contribution in [3.8, 4) is 0 Å². The van der Waals surface area contributed by atoms with Crippen LogP contribution in [0.15, 0.2) is 75.7 Å². The summed E-state index contributed by atoms with van der Waals surface area (Å²) < 4.78 is 7.52. The van der Waals surface area contributed by atoms with Crippen LogP contribution < -0.4 is 14.9 Å². The highest BCUT2D eigenvalue weighted by Crippen LogP contribution is 2.30. The molecule has 0 saturated heterocycles. The summed E-state index contributed by atoms with van der Waals surface area (Å²) in [6, 6.07) is 17.2. The summed E-state index contributed by atoms with van der Waals surface area (Å²) in [7, 11) is 0. The van der Waals surface area contributed by atoms with Gasteiger partial charge in [-0.2, -0.15) is 0 Å². The van der Waals surface area contributed by atoms with E-state index in [1.54, 1.807) is 18.4 Å². The first kappa shape index (κ1) is 22.0. The molecule has 0 spiro atoms. The van der Waals surface area contributed by atoms with Crippen LogP contribution in [0.2, 0.25) is 0 Å².